The van der Waals surface area contributed by atoms with Gasteiger partial charge in [-0.15, -0.1) is 0 Å². The number of aryl methyl sites for hydroxylation is 4. The van der Waals surface area contributed by atoms with E-state index in [1.807, 2.05) is 18.4 Å². The first-order chi connectivity index (χ1) is 13.7. The van der Waals surface area contributed by atoms with Gasteiger partial charge in [0.05, 0.1) is 20.9 Å². The highest BCUT2D eigenvalue weighted by Crippen LogP contribution is 2.22. The summed E-state index contributed by atoms with van der Waals surface area (Å²) in [4.78, 5) is 17.6. The van der Waals surface area contributed by atoms with Crippen LogP contribution in [0.25, 0.3) is 10.2 Å². The lowest BCUT2D eigenvalue weighted by Crippen LogP contribution is -2.16. The van der Waals surface area contributed by atoms with E-state index < -0.39 is 9.84 Å². The SMILES string of the molecule is CCn1c(=NC(=O)CCCS(=O)(=O)c2ccc(C)cc2)sc2cc(C)c(C)cc21. The molecule has 0 aliphatic rings. The van der Waals surface area contributed by atoms with E-state index >= 15 is 0 Å². The van der Waals surface area contributed by atoms with Gasteiger partial charge in [-0.05, 0) is 69.5 Å². The first-order valence-corrected chi connectivity index (χ1v) is 12.2. The number of sulfone groups is 1. The second kappa shape index (κ2) is 8.63. The number of nitrogens with zero attached hydrogens (tertiary/aromatic N) is 2. The van der Waals surface area contributed by atoms with Gasteiger partial charge in [-0.2, -0.15) is 4.99 Å². The summed E-state index contributed by atoms with van der Waals surface area (Å²) in [6, 6.07) is 11.0. The van der Waals surface area contributed by atoms with Crippen LogP contribution in [0.1, 0.15) is 36.5 Å². The second-order valence-corrected chi connectivity index (χ2v) is 10.4. The van der Waals surface area contributed by atoms with E-state index in [1.54, 1.807) is 24.3 Å². The summed E-state index contributed by atoms with van der Waals surface area (Å²) in [5, 5.41) is 0. The third kappa shape index (κ3) is 4.85. The van der Waals surface area contributed by atoms with Gasteiger partial charge in [0.1, 0.15) is 0 Å². The maximum absolute atomic E-state index is 12.4. The van der Waals surface area contributed by atoms with Crippen molar-refractivity contribution >= 4 is 37.3 Å². The fourth-order valence-corrected chi connectivity index (χ4v) is 5.65. The molecule has 1 amide bonds. The summed E-state index contributed by atoms with van der Waals surface area (Å²) in [6.07, 6.45) is 0.370. The third-order valence-electron chi connectivity index (χ3n) is 5.02. The van der Waals surface area contributed by atoms with Gasteiger partial charge in [0.2, 0.25) is 5.91 Å². The number of aromatic nitrogens is 1. The number of hydrogen-bond acceptors (Lipinski definition) is 4. The molecule has 1 aromatic heterocycles. The van der Waals surface area contributed by atoms with Crippen molar-refractivity contribution in [2.45, 2.75) is 52.0 Å². The van der Waals surface area contributed by atoms with E-state index in [4.69, 9.17) is 0 Å². The molecule has 1 heterocycles. The molecular formula is C22H26N2O3S2. The molecule has 0 saturated carbocycles. The van der Waals surface area contributed by atoms with Crippen molar-refractivity contribution in [2.75, 3.05) is 5.75 Å². The maximum Gasteiger partial charge on any atom is 0.248 e. The van der Waals surface area contributed by atoms with Gasteiger partial charge < -0.3 is 4.57 Å². The fourth-order valence-electron chi connectivity index (χ4n) is 3.15. The molecule has 0 bridgehead atoms. The Labute approximate surface area is 175 Å². The molecule has 0 radical (unpaired) electrons. The molecule has 5 nitrogen and oxygen atoms in total. The number of carbonyl (C=O) groups is 1. The number of fused-ring (bicyclic) bond motifs is 1. The first-order valence-electron chi connectivity index (χ1n) is 9.69. The predicted octanol–water partition coefficient (Wildman–Crippen LogP) is 4.33. The van der Waals surface area contributed by atoms with E-state index in [-0.39, 0.29) is 24.5 Å². The van der Waals surface area contributed by atoms with Gasteiger partial charge in [0, 0.05) is 13.0 Å². The van der Waals surface area contributed by atoms with Crippen molar-refractivity contribution in [3.05, 3.63) is 57.9 Å². The lowest BCUT2D eigenvalue weighted by molar-refractivity contribution is -0.118. The van der Waals surface area contributed by atoms with Crippen LogP contribution in [-0.4, -0.2) is 24.6 Å². The summed E-state index contributed by atoms with van der Waals surface area (Å²) >= 11 is 1.49. The minimum absolute atomic E-state index is 0.0596. The van der Waals surface area contributed by atoms with Crippen LogP contribution in [0.5, 0.6) is 0 Å². The Kier molecular flexibility index (Phi) is 6.39. The van der Waals surface area contributed by atoms with Gasteiger partial charge >= 0.3 is 0 Å². The van der Waals surface area contributed by atoms with E-state index in [0.29, 0.717) is 9.70 Å². The summed E-state index contributed by atoms with van der Waals surface area (Å²) in [5.74, 6) is -0.345. The minimum atomic E-state index is -3.38. The zero-order valence-corrected chi connectivity index (χ0v) is 18.9. The number of rotatable bonds is 6. The third-order valence-corrected chi connectivity index (χ3v) is 7.88. The molecule has 0 aliphatic heterocycles. The van der Waals surface area contributed by atoms with Crippen LogP contribution in [0.2, 0.25) is 0 Å². The number of carbonyl (C=O) groups excluding carboxylic acids is 1. The summed E-state index contributed by atoms with van der Waals surface area (Å²) in [5.41, 5.74) is 4.50. The standard InChI is InChI=1S/C22H26N2O3S2/c1-5-24-19-13-16(3)17(4)14-20(19)28-22(24)23-21(25)7-6-12-29(26,27)18-10-8-15(2)9-11-18/h8-11,13-14H,5-7,12H2,1-4H3. The Hall–Kier alpha value is -2.25. The Morgan fingerprint density at radius 2 is 1.72 bits per heavy atom. The first kappa shape index (κ1) is 21.5. The van der Waals surface area contributed by atoms with Crippen molar-refractivity contribution in [2.24, 2.45) is 4.99 Å². The zero-order valence-electron chi connectivity index (χ0n) is 17.2. The van der Waals surface area contributed by atoms with Crippen LogP contribution >= 0.6 is 11.3 Å². The van der Waals surface area contributed by atoms with Crippen molar-refractivity contribution < 1.29 is 13.2 Å². The van der Waals surface area contributed by atoms with E-state index in [2.05, 4.69) is 31.0 Å². The molecule has 0 fully saturated rings. The highest BCUT2D eigenvalue weighted by atomic mass is 32.2. The van der Waals surface area contributed by atoms with Crippen LogP contribution in [0.3, 0.4) is 0 Å². The Balaban J connectivity index is 1.75. The number of thiazole rings is 1. The molecule has 0 N–H and O–H groups in total. The van der Waals surface area contributed by atoms with Crippen molar-refractivity contribution in [1.29, 1.82) is 0 Å². The fraction of sp³-hybridized carbons (Fsp3) is 0.364. The molecule has 0 unspecified atom stereocenters. The number of amides is 1. The quantitative estimate of drug-likeness (QED) is 0.584. The van der Waals surface area contributed by atoms with Crippen molar-refractivity contribution in [3.8, 4) is 0 Å². The Bertz CT molecular complexity index is 1220. The molecule has 7 heteroatoms. The Morgan fingerprint density at radius 3 is 2.38 bits per heavy atom. The molecule has 0 aliphatic carbocycles. The zero-order chi connectivity index (χ0) is 21.2. The lowest BCUT2D eigenvalue weighted by atomic mass is 10.1. The van der Waals surface area contributed by atoms with Crippen molar-refractivity contribution in [1.82, 2.24) is 4.57 Å². The lowest BCUT2D eigenvalue weighted by Gasteiger charge is -2.04. The highest BCUT2D eigenvalue weighted by molar-refractivity contribution is 7.91. The van der Waals surface area contributed by atoms with Gasteiger partial charge in [0.25, 0.3) is 0 Å². The molecule has 3 rings (SSSR count). The molecule has 2 aromatic carbocycles. The molecule has 0 spiro atoms. The molecule has 3 aromatic rings. The summed E-state index contributed by atoms with van der Waals surface area (Å²) in [7, 11) is -3.38. The predicted molar refractivity (Wildman–Crippen MR) is 118 cm³/mol. The Morgan fingerprint density at radius 1 is 1.07 bits per heavy atom. The molecule has 0 saturated heterocycles. The average Bonchev–Trinajstić information content (AvgIpc) is 2.98. The largest absolute Gasteiger partial charge is 0.317 e. The van der Waals surface area contributed by atoms with E-state index in [0.717, 1.165) is 22.3 Å². The summed E-state index contributed by atoms with van der Waals surface area (Å²) < 4.78 is 28.0. The van der Waals surface area contributed by atoms with Crippen LogP contribution in [-0.2, 0) is 21.2 Å². The molecule has 0 atom stereocenters. The maximum atomic E-state index is 12.4. The van der Waals surface area contributed by atoms with Crippen LogP contribution in [0.4, 0.5) is 0 Å². The van der Waals surface area contributed by atoms with Crippen LogP contribution < -0.4 is 4.80 Å². The second-order valence-electron chi connectivity index (χ2n) is 7.27. The molecule has 154 valence electrons. The summed E-state index contributed by atoms with van der Waals surface area (Å²) in [6.45, 7) is 8.80. The van der Waals surface area contributed by atoms with Gasteiger partial charge in [0.15, 0.2) is 14.6 Å². The van der Waals surface area contributed by atoms with Crippen LogP contribution in [0.15, 0.2) is 46.3 Å². The topological polar surface area (TPSA) is 68.5 Å². The van der Waals surface area contributed by atoms with Gasteiger partial charge in [-0.1, -0.05) is 29.0 Å². The molecular weight excluding hydrogens is 404 g/mol. The number of benzene rings is 2. The molecule has 29 heavy (non-hydrogen) atoms. The number of hydrogen-bond donors (Lipinski definition) is 0. The van der Waals surface area contributed by atoms with E-state index in [9.17, 15) is 13.2 Å². The van der Waals surface area contributed by atoms with Crippen LogP contribution in [0, 0.1) is 20.8 Å². The monoisotopic (exact) mass is 430 g/mol. The van der Waals surface area contributed by atoms with Gasteiger partial charge in [-0.25, -0.2) is 8.42 Å². The van der Waals surface area contributed by atoms with Crippen molar-refractivity contribution in [3.63, 3.8) is 0 Å². The van der Waals surface area contributed by atoms with Gasteiger partial charge in [-0.3, -0.25) is 4.79 Å². The normalized spacial score (nSPS) is 12.6. The average molecular weight is 431 g/mol. The van der Waals surface area contributed by atoms with E-state index in [1.165, 1.54) is 22.5 Å². The highest BCUT2D eigenvalue weighted by Gasteiger charge is 2.15. The smallest absolute Gasteiger partial charge is 0.248 e. The minimum Gasteiger partial charge on any atom is -0.317 e.